The van der Waals surface area contributed by atoms with Gasteiger partial charge in [0.1, 0.15) is 11.2 Å². The number of hydrogen-bond donors (Lipinski definition) is 0. The second-order valence-corrected chi connectivity index (χ2v) is 7.60. The number of rotatable bonds is 3. The lowest BCUT2D eigenvalue weighted by Crippen LogP contribution is -1.87. The molecule has 0 spiro atoms. The monoisotopic (exact) mass is 362 g/mol. The van der Waals surface area contributed by atoms with Crippen molar-refractivity contribution in [3.8, 4) is 22.3 Å². The lowest BCUT2D eigenvalue weighted by molar-refractivity contribution is 0.669. The number of fused-ring (bicyclic) bond motifs is 3. The normalized spacial score (nSPS) is 11.5. The van der Waals surface area contributed by atoms with Gasteiger partial charge in [0.25, 0.3) is 0 Å². The summed E-state index contributed by atoms with van der Waals surface area (Å²) >= 11 is 0. The van der Waals surface area contributed by atoms with Gasteiger partial charge in [0.2, 0.25) is 0 Å². The summed E-state index contributed by atoms with van der Waals surface area (Å²) in [5.74, 6) is 0.457. The lowest BCUT2D eigenvalue weighted by Gasteiger charge is -2.07. The van der Waals surface area contributed by atoms with Gasteiger partial charge in [0.15, 0.2) is 0 Å². The van der Waals surface area contributed by atoms with Crippen LogP contribution >= 0.6 is 0 Å². The van der Waals surface area contributed by atoms with Crippen LogP contribution in [-0.2, 0) is 0 Å². The molecule has 1 aromatic heterocycles. The Kier molecular flexibility index (Phi) is 4.02. The predicted octanol–water partition coefficient (Wildman–Crippen LogP) is 8.04. The van der Waals surface area contributed by atoms with Crippen LogP contribution in [0.3, 0.4) is 0 Å². The average Bonchev–Trinajstić information content (AvgIpc) is 3.13. The minimum absolute atomic E-state index is 0.457. The molecule has 1 heteroatoms. The molecule has 28 heavy (non-hydrogen) atoms. The van der Waals surface area contributed by atoms with Gasteiger partial charge in [-0.3, -0.25) is 0 Å². The molecule has 0 aliphatic heterocycles. The first-order valence-corrected chi connectivity index (χ1v) is 9.82. The summed E-state index contributed by atoms with van der Waals surface area (Å²) in [5.41, 5.74) is 8.06. The molecule has 0 fully saturated rings. The Balaban J connectivity index is 1.67. The van der Waals surface area contributed by atoms with Crippen LogP contribution in [0.5, 0.6) is 0 Å². The fourth-order valence-corrected chi connectivity index (χ4v) is 4.06. The second-order valence-electron chi connectivity index (χ2n) is 7.60. The SMILES string of the molecule is CC(C)c1cccc2oc3c(-c4ccc(-c5ccccc5)cc4)cccc3c12. The van der Waals surface area contributed by atoms with Crippen LogP contribution in [0.15, 0.2) is 95.4 Å². The third-order valence-electron chi connectivity index (χ3n) is 5.48. The van der Waals surface area contributed by atoms with Gasteiger partial charge in [-0.2, -0.15) is 0 Å². The zero-order chi connectivity index (χ0) is 19.1. The van der Waals surface area contributed by atoms with E-state index in [1.165, 1.54) is 33.0 Å². The number of para-hydroxylation sites is 1. The van der Waals surface area contributed by atoms with E-state index in [0.717, 1.165) is 16.7 Å². The third-order valence-corrected chi connectivity index (χ3v) is 5.48. The van der Waals surface area contributed by atoms with Gasteiger partial charge in [-0.15, -0.1) is 0 Å². The molecule has 0 unspecified atom stereocenters. The summed E-state index contributed by atoms with van der Waals surface area (Å²) < 4.78 is 6.34. The maximum Gasteiger partial charge on any atom is 0.143 e. The van der Waals surface area contributed by atoms with E-state index in [2.05, 4.69) is 98.8 Å². The maximum atomic E-state index is 6.34. The van der Waals surface area contributed by atoms with Crippen LogP contribution in [0.4, 0.5) is 0 Å². The van der Waals surface area contributed by atoms with Gasteiger partial charge in [0, 0.05) is 16.3 Å². The first-order chi connectivity index (χ1) is 13.7. The van der Waals surface area contributed by atoms with Crippen molar-refractivity contribution in [2.24, 2.45) is 0 Å². The van der Waals surface area contributed by atoms with Crippen molar-refractivity contribution in [1.29, 1.82) is 0 Å². The van der Waals surface area contributed by atoms with Crippen LogP contribution in [-0.4, -0.2) is 0 Å². The first-order valence-electron chi connectivity index (χ1n) is 9.82. The molecule has 0 atom stereocenters. The van der Waals surface area contributed by atoms with Crippen molar-refractivity contribution >= 4 is 21.9 Å². The van der Waals surface area contributed by atoms with Gasteiger partial charge in [0.05, 0.1) is 0 Å². The van der Waals surface area contributed by atoms with Crippen molar-refractivity contribution < 1.29 is 4.42 Å². The molecule has 0 saturated carbocycles. The number of hydrogen-bond acceptors (Lipinski definition) is 1. The molecule has 0 aliphatic rings. The summed E-state index contributed by atoms with van der Waals surface area (Å²) in [6.45, 7) is 4.47. The van der Waals surface area contributed by atoms with Gasteiger partial charge in [-0.1, -0.05) is 98.8 Å². The molecular weight excluding hydrogens is 340 g/mol. The minimum atomic E-state index is 0.457. The Bertz CT molecular complexity index is 1260. The van der Waals surface area contributed by atoms with E-state index < -0.39 is 0 Å². The minimum Gasteiger partial charge on any atom is -0.455 e. The molecule has 5 aromatic rings. The Morgan fingerprint density at radius 2 is 1.29 bits per heavy atom. The number of benzene rings is 4. The summed E-state index contributed by atoms with van der Waals surface area (Å²) in [4.78, 5) is 0. The van der Waals surface area contributed by atoms with E-state index in [9.17, 15) is 0 Å². The van der Waals surface area contributed by atoms with E-state index in [-0.39, 0.29) is 0 Å². The molecule has 0 aliphatic carbocycles. The van der Waals surface area contributed by atoms with Crippen molar-refractivity contribution in [3.05, 3.63) is 96.6 Å². The van der Waals surface area contributed by atoms with Crippen LogP contribution in [0.25, 0.3) is 44.2 Å². The van der Waals surface area contributed by atoms with Gasteiger partial charge < -0.3 is 4.42 Å². The Morgan fingerprint density at radius 1 is 0.607 bits per heavy atom. The maximum absolute atomic E-state index is 6.34. The molecule has 0 N–H and O–H groups in total. The standard InChI is InChI=1S/C27H22O/c1-18(2)22-10-7-13-25-26(22)24-12-6-11-23(27(24)28-25)21-16-14-20(15-17-21)19-8-4-3-5-9-19/h3-18H,1-2H3. The van der Waals surface area contributed by atoms with E-state index in [1.54, 1.807) is 0 Å². The van der Waals surface area contributed by atoms with Crippen molar-refractivity contribution in [2.45, 2.75) is 19.8 Å². The smallest absolute Gasteiger partial charge is 0.143 e. The molecule has 5 rings (SSSR count). The van der Waals surface area contributed by atoms with Crippen LogP contribution in [0.2, 0.25) is 0 Å². The largest absolute Gasteiger partial charge is 0.455 e. The third kappa shape index (κ3) is 2.71. The highest BCUT2D eigenvalue weighted by atomic mass is 16.3. The summed E-state index contributed by atoms with van der Waals surface area (Å²) in [6.07, 6.45) is 0. The topological polar surface area (TPSA) is 13.1 Å². The van der Waals surface area contributed by atoms with Crippen LogP contribution < -0.4 is 0 Å². The van der Waals surface area contributed by atoms with Gasteiger partial charge in [-0.05, 0) is 34.2 Å². The zero-order valence-electron chi connectivity index (χ0n) is 16.1. The van der Waals surface area contributed by atoms with Crippen molar-refractivity contribution in [2.75, 3.05) is 0 Å². The fraction of sp³-hybridized carbons (Fsp3) is 0.111. The van der Waals surface area contributed by atoms with Gasteiger partial charge in [-0.25, -0.2) is 0 Å². The Hall–Kier alpha value is -3.32. The summed E-state index contributed by atoms with van der Waals surface area (Å²) in [6, 6.07) is 32.1. The predicted molar refractivity (Wildman–Crippen MR) is 119 cm³/mol. The zero-order valence-corrected chi connectivity index (χ0v) is 16.1. The molecule has 1 heterocycles. The van der Waals surface area contributed by atoms with E-state index >= 15 is 0 Å². The summed E-state index contributed by atoms with van der Waals surface area (Å²) in [7, 11) is 0. The van der Waals surface area contributed by atoms with Crippen LogP contribution in [0.1, 0.15) is 25.3 Å². The van der Waals surface area contributed by atoms with E-state index in [4.69, 9.17) is 4.42 Å². The first kappa shape index (κ1) is 16.8. The molecule has 0 amide bonds. The molecule has 4 aromatic carbocycles. The highest BCUT2D eigenvalue weighted by molar-refractivity contribution is 6.11. The molecule has 0 radical (unpaired) electrons. The van der Waals surface area contributed by atoms with E-state index in [1.807, 2.05) is 6.07 Å². The number of furan rings is 1. The molecular formula is C27H22O. The highest BCUT2D eigenvalue weighted by Crippen LogP contribution is 2.39. The lowest BCUT2D eigenvalue weighted by atomic mass is 9.95. The fourth-order valence-electron chi connectivity index (χ4n) is 4.06. The van der Waals surface area contributed by atoms with Crippen LogP contribution in [0, 0.1) is 0 Å². The second kappa shape index (κ2) is 6.69. The van der Waals surface area contributed by atoms with Crippen molar-refractivity contribution in [1.82, 2.24) is 0 Å². The van der Waals surface area contributed by atoms with Gasteiger partial charge >= 0.3 is 0 Å². The Morgan fingerprint density at radius 3 is 2.04 bits per heavy atom. The Labute approximate surface area is 165 Å². The quantitative estimate of drug-likeness (QED) is 0.316. The van der Waals surface area contributed by atoms with Crippen molar-refractivity contribution in [3.63, 3.8) is 0 Å². The molecule has 0 bridgehead atoms. The molecule has 136 valence electrons. The molecule has 0 saturated heterocycles. The molecule has 1 nitrogen and oxygen atoms in total. The average molecular weight is 362 g/mol. The highest BCUT2D eigenvalue weighted by Gasteiger charge is 2.16. The van der Waals surface area contributed by atoms with E-state index in [0.29, 0.717) is 5.92 Å². The summed E-state index contributed by atoms with van der Waals surface area (Å²) in [5, 5.41) is 2.44.